The molecular formula is C12H13F4N3O. The Bertz CT molecular complexity index is 506. The molecule has 1 aliphatic rings. The molecular weight excluding hydrogens is 278 g/mol. The van der Waals surface area contributed by atoms with E-state index in [0.717, 1.165) is 6.07 Å². The summed E-state index contributed by atoms with van der Waals surface area (Å²) in [6.07, 6.45) is -4.68. The fraction of sp³-hybridized carbons (Fsp3) is 0.500. The molecule has 1 aliphatic heterocycles. The summed E-state index contributed by atoms with van der Waals surface area (Å²) in [5.74, 6) is -0.741. The summed E-state index contributed by atoms with van der Waals surface area (Å²) in [5, 5.41) is 0. The van der Waals surface area contributed by atoms with Gasteiger partial charge in [-0.2, -0.15) is 13.2 Å². The van der Waals surface area contributed by atoms with Crippen molar-refractivity contribution >= 4 is 5.91 Å². The van der Waals surface area contributed by atoms with E-state index in [1.807, 2.05) is 0 Å². The van der Waals surface area contributed by atoms with Crippen molar-refractivity contribution in [2.45, 2.75) is 31.4 Å². The molecule has 0 radical (unpaired) electrons. The minimum Gasteiger partial charge on any atom is -0.368 e. The lowest BCUT2D eigenvalue weighted by atomic mass is 10.1. The van der Waals surface area contributed by atoms with E-state index in [0.29, 0.717) is 0 Å². The van der Waals surface area contributed by atoms with E-state index in [-0.39, 0.29) is 25.2 Å². The highest BCUT2D eigenvalue weighted by Gasteiger charge is 2.39. The first-order valence-electron chi connectivity index (χ1n) is 5.97. The van der Waals surface area contributed by atoms with Crippen molar-refractivity contribution in [2.24, 2.45) is 5.73 Å². The van der Waals surface area contributed by atoms with E-state index < -0.39 is 29.9 Å². The van der Waals surface area contributed by atoms with Gasteiger partial charge in [0.05, 0.1) is 17.3 Å². The van der Waals surface area contributed by atoms with Gasteiger partial charge in [0.25, 0.3) is 0 Å². The van der Waals surface area contributed by atoms with E-state index in [1.165, 1.54) is 17.2 Å². The van der Waals surface area contributed by atoms with E-state index >= 15 is 0 Å². The summed E-state index contributed by atoms with van der Waals surface area (Å²) in [7, 11) is 0. The Morgan fingerprint density at radius 2 is 2.20 bits per heavy atom. The van der Waals surface area contributed by atoms with Crippen molar-refractivity contribution in [3.63, 3.8) is 0 Å². The fourth-order valence-corrected chi connectivity index (χ4v) is 2.33. The summed E-state index contributed by atoms with van der Waals surface area (Å²) in [4.78, 5) is 16.2. The number of pyridine rings is 1. The number of halogens is 4. The Morgan fingerprint density at radius 1 is 1.50 bits per heavy atom. The smallest absolute Gasteiger partial charge is 0.368 e. The third kappa shape index (κ3) is 3.06. The number of amides is 1. The summed E-state index contributed by atoms with van der Waals surface area (Å²) in [6, 6.07) is 1.19. The highest BCUT2D eigenvalue weighted by atomic mass is 19.4. The monoisotopic (exact) mass is 291 g/mol. The van der Waals surface area contributed by atoms with Crippen LogP contribution in [0, 0.1) is 0 Å². The Kier molecular flexibility index (Phi) is 3.94. The Hall–Kier alpha value is -1.70. The van der Waals surface area contributed by atoms with Crippen LogP contribution in [0.3, 0.4) is 0 Å². The summed E-state index contributed by atoms with van der Waals surface area (Å²) in [5.41, 5.74) is 4.02. The van der Waals surface area contributed by atoms with Crippen molar-refractivity contribution < 1.29 is 22.4 Å². The van der Waals surface area contributed by atoms with Gasteiger partial charge >= 0.3 is 6.18 Å². The first-order chi connectivity index (χ1) is 9.29. The molecule has 1 saturated heterocycles. The number of alkyl halides is 4. The molecule has 1 aromatic heterocycles. The molecule has 20 heavy (non-hydrogen) atoms. The molecule has 1 aromatic rings. The second-order valence-electron chi connectivity index (χ2n) is 4.68. The number of nitrogens with zero attached hydrogens (tertiary/aromatic N) is 2. The van der Waals surface area contributed by atoms with Gasteiger partial charge < -0.3 is 5.73 Å². The number of likely N-dealkylation sites (tertiary alicyclic amines) is 1. The average Bonchev–Trinajstić information content (AvgIpc) is 2.70. The molecule has 0 aliphatic carbocycles. The molecule has 0 aromatic carbocycles. The summed E-state index contributed by atoms with van der Waals surface area (Å²) >= 11 is 0. The zero-order chi connectivity index (χ0) is 14.9. The third-order valence-corrected chi connectivity index (χ3v) is 3.23. The highest BCUT2D eigenvalue weighted by molar-refractivity contribution is 5.80. The number of rotatable bonds is 3. The average molecular weight is 291 g/mol. The SMILES string of the molecule is NC(=O)[C@@H]1C[C@@H](F)CN1Cc1ncccc1C(F)(F)F. The third-order valence-electron chi connectivity index (χ3n) is 3.23. The zero-order valence-corrected chi connectivity index (χ0v) is 10.4. The molecule has 1 fully saturated rings. The van der Waals surface area contributed by atoms with Crippen molar-refractivity contribution in [3.05, 3.63) is 29.6 Å². The van der Waals surface area contributed by atoms with Crippen LogP contribution in [0.4, 0.5) is 17.6 Å². The molecule has 2 rings (SSSR count). The number of hydrogen-bond acceptors (Lipinski definition) is 3. The first kappa shape index (κ1) is 14.7. The molecule has 8 heteroatoms. The van der Waals surface area contributed by atoms with Gasteiger partial charge in [-0.3, -0.25) is 14.7 Å². The van der Waals surface area contributed by atoms with Crippen molar-refractivity contribution in [1.82, 2.24) is 9.88 Å². The number of carbonyl (C=O) groups is 1. The van der Waals surface area contributed by atoms with Crippen LogP contribution in [0.15, 0.2) is 18.3 Å². The first-order valence-corrected chi connectivity index (χ1v) is 5.97. The van der Waals surface area contributed by atoms with Crippen LogP contribution in [0.5, 0.6) is 0 Å². The van der Waals surface area contributed by atoms with Crippen LogP contribution in [-0.2, 0) is 17.5 Å². The molecule has 0 bridgehead atoms. The van der Waals surface area contributed by atoms with E-state index in [4.69, 9.17) is 5.73 Å². The van der Waals surface area contributed by atoms with Crippen LogP contribution >= 0.6 is 0 Å². The van der Waals surface area contributed by atoms with Crippen molar-refractivity contribution in [3.8, 4) is 0 Å². The summed E-state index contributed by atoms with van der Waals surface area (Å²) in [6.45, 7) is -0.384. The standard InChI is InChI=1S/C12H13F4N3O/c13-7-4-10(11(17)20)19(5-7)6-9-8(12(14,15)16)2-1-3-18-9/h1-3,7,10H,4-6H2,(H2,17,20)/t7-,10+/m1/s1. The van der Waals surface area contributed by atoms with E-state index in [1.54, 1.807) is 0 Å². The summed E-state index contributed by atoms with van der Waals surface area (Å²) < 4.78 is 51.8. The van der Waals surface area contributed by atoms with Gasteiger partial charge in [0.15, 0.2) is 0 Å². The van der Waals surface area contributed by atoms with Crippen LogP contribution in [0.2, 0.25) is 0 Å². The fourth-order valence-electron chi connectivity index (χ4n) is 2.33. The maximum atomic E-state index is 13.3. The lowest BCUT2D eigenvalue weighted by Crippen LogP contribution is -2.40. The number of aromatic nitrogens is 1. The number of carbonyl (C=O) groups excluding carboxylic acids is 1. The minimum atomic E-state index is -4.54. The number of nitrogens with two attached hydrogens (primary N) is 1. The van der Waals surface area contributed by atoms with Gasteiger partial charge in [-0.05, 0) is 12.1 Å². The Morgan fingerprint density at radius 3 is 2.80 bits per heavy atom. The van der Waals surface area contributed by atoms with Crippen molar-refractivity contribution in [2.75, 3.05) is 6.54 Å². The molecule has 0 spiro atoms. The van der Waals surface area contributed by atoms with Crippen LogP contribution in [-0.4, -0.2) is 34.5 Å². The Labute approximate surface area is 112 Å². The van der Waals surface area contributed by atoms with Gasteiger partial charge in [0, 0.05) is 25.7 Å². The van der Waals surface area contributed by atoms with E-state index in [2.05, 4.69) is 4.98 Å². The lowest BCUT2D eigenvalue weighted by molar-refractivity contribution is -0.138. The quantitative estimate of drug-likeness (QED) is 0.859. The molecule has 110 valence electrons. The van der Waals surface area contributed by atoms with Gasteiger partial charge in [-0.15, -0.1) is 0 Å². The van der Waals surface area contributed by atoms with Crippen molar-refractivity contribution in [1.29, 1.82) is 0 Å². The molecule has 2 N–H and O–H groups in total. The predicted octanol–water partition coefficient (Wildman–Crippen LogP) is 1.50. The minimum absolute atomic E-state index is 0.0937. The van der Waals surface area contributed by atoms with Gasteiger partial charge in [0.2, 0.25) is 5.91 Å². The largest absolute Gasteiger partial charge is 0.418 e. The number of primary amides is 1. The molecule has 1 amide bonds. The van der Waals surface area contributed by atoms with Gasteiger partial charge in [-0.25, -0.2) is 4.39 Å². The molecule has 0 saturated carbocycles. The van der Waals surface area contributed by atoms with Gasteiger partial charge in [-0.1, -0.05) is 0 Å². The topological polar surface area (TPSA) is 59.2 Å². The molecule has 2 heterocycles. The lowest BCUT2D eigenvalue weighted by Gasteiger charge is -2.22. The van der Waals surface area contributed by atoms with Gasteiger partial charge in [0.1, 0.15) is 6.17 Å². The molecule has 2 atom stereocenters. The normalized spacial score (nSPS) is 24.0. The zero-order valence-electron chi connectivity index (χ0n) is 10.4. The van der Waals surface area contributed by atoms with Crippen LogP contribution in [0.1, 0.15) is 17.7 Å². The van der Waals surface area contributed by atoms with Crippen LogP contribution < -0.4 is 5.73 Å². The van der Waals surface area contributed by atoms with Crippen LogP contribution in [0.25, 0.3) is 0 Å². The highest BCUT2D eigenvalue weighted by Crippen LogP contribution is 2.32. The molecule has 4 nitrogen and oxygen atoms in total. The van der Waals surface area contributed by atoms with E-state index in [9.17, 15) is 22.4 Å². The second-order valence-corrected chi connectivity index (χ2v) is 4.68. The maximum Gasteiger partial charge on any atom is 0.418 e. The predicted molar refractivity (Wildman–Crippen MR) is 62.1 cm³/mol. The molecule has 0 unspecified atom stereocenters. The Balaban J connectivity index is 2.24. The number of hydrogen-bond donors (Lipinski definition) is 1. The maximum absolute atomic E-state index is 13.3. The second kappa shape index (κ2) is 5.35.